The van der Waals surface area contributed by atoms with Gasteiger partial charge in [0.15, 0.2) is 11.0 Å². The lowest BCUT2D eigenvalue weighted by Gasteiger charge is -2.09. The Kier molecular flexibility index (Phi) is 5.95. The van der Waals surface area contributed by atoms with Crippen LogP contribution in [0, 0.1) is 6.92 Å². The van der Waals surface area contributed by atoms with Crippen molar-refractivity contribution in [2.75, 3.05) is 20.8 Å². The topological polar surface area (TPSA) is 67.0 Å². The Morgan fingerprint density at radius 3 is 2.77 bits per heavy atom. The number of aromatic nitrogens is 5. The van der Waals surface area contributed by atoms with Gasteiger partial charge in [-0.05, 0) is 12.5 Å². The first-order valence-corrected chi connectivity index (χ1v) is 9.29. The molecule has 0 N–H and O–H groups in total. The molecule has 0 spiro atoms. The molecule has 0 saturated carbocycles. The van der Waals surface area contributed by atoms with Crippen molar-refractivity contribution < 1.29 is 9.47 Å². The average Bonchev–Trinajstić information content (AvgIpc) is 3.20. The molecule has 0 bridgehead atoms. The molecule has 138 valence electrons. The van der Waals surface area contributed by atoms with E-state index in [1.807, 2.05) is 13.2 Å². The van der Waals surface area contributed by atoms with Crippen molar-refractivity contribution in [2.24, 2.45) is 7.05 Å². The first kappa shape index (κ1) is 18.5. The normalized spacial score (nSPS) is 11.1. The van der Waals surface area contributed by atoms with Gasteiger partial charge in [-0.25, -0.2) is 0 Å². The number of methoxy groups -OCH3 is 2. The molecule has 0 unspecified atom stereocenters. The van der Waals surface area contributed by atoms with Crippen molar-refractivity contribution in [3.05, 3.63) is 41.6 Å². The second kappa shape index (κ2) is 8.37. The molecule has 7 nitrogen and oxygen atoms in total. The molecule has 26 heavy (non-hydrogen) atoms. The first-order chi connectivity index (χ1) is 12.6. The largest absolute Gasteiger partial charge is 0.479 e. The van der Waals surface area contributed by atoms with Gasteiger partial charge in [0.25, 0.3) is 0 Å². The van der Waals surface area contributed by atoms with Crippen LogP contribution in [0.5, 0.6) is 5.88 Å². The van der Waals surface area contributed by atoms with E-state index in [4.69, 9.17) is 9.47 Å². The summed E-state index contributed by atoms with van der Waals surface area (Å²) in [6, 6.07) is 8.49. The van der Waals surface area contributed by atoms with Crippen molar-refractivity contribution in [2.45, 2.75) is 24.4 Å². The van der Waals surface area contributed by atoms with Gasteiger partial charge in [-0.1, -0.05) is 41.6 Å². The summed E-state index contributed by atoms with van der Waals surface area (Å²) in [7, 11) is 5.15. The molecule has 2 heterocycles. The van der Waals surface area contributed by atoms with E-state index in [-0.39, 0.29) is 0 Å². The Hall–Kier alpha value is -2.32. The van der Waals surface area contributed by atoms with Crippen LogP contribution in [-0.2, 0) is 24.1 Å². The molecule has 1 aromatic carbocycles. The van der Waals surface area contributed by atoms with Gasteiger partial charge in [-0.3, -0.25) is 9.25 Å². The lowest BCUT2D eigenvalue weighted by molar-refractivity contribution is 0.185. The summed E-state index contributed by atoms with van der Waals surface area (Å²) in [5.41, 5.74) is 3.34. The molecular weight excluding hydrogens is 350 g/mol. The third-order valence-corrected chi connectivity index (χ3v) is 4.95. The molecule has 0 aliphatic rings. The van der Waals surface area contributed by atoms with Crippen LogP contribution >= 0.6 is 11.8 Å². The highest BCUT2D eigenvalue weighted by Crippen LogP contribution is 2.31. The van der Waals surface area contributed by atoms with Crippen LogP contribution in [-0.4, -0.2) is 45.4 Å². The molecule has 0 aliphatic carbocycles. The van der Waals surface area contributed by atoms with E-state index < -0.39 is 0 Å². The number of nitrogens with zero attached hydrogens (tertiary/aromatic N) is 5. The molecule has 0 amide bonds. The van der Waals surface area contributed by atoms with Crippen molar-refractivity contribution >= 4 is 11.8 Å². The van der Waals surface area contributed by atoms with E-state index in [9.17, 15) is 0 Å². The molecule has 0 aliphatic heterocycles. The van der Waals surface area contributed by atoms with Crippen molar-refractivity contribution in [1.29, 1.82) is 0 Å². The van der Waals surface area contributed by atoms with Crippen molar-refractivity contribution in [1.82, 2.24) is 24.5 Å². The predicted octanol–water partition coefficient (Wildman–Crippen LogP) is 2.93. The van der Waals surface area contributed by atoms with Gasteiger partial charge in [0.1, 0.15) is 5.56 Å². The van der Waals surface area contributed by atoms with E-state index in [1.165, 1.54) is 11.1 Å². The van der Waals surface area contributed by atoms with Gasteiger partial charge in [0.2, 0.25) is 5.88 Å². The Morgan fingerprint density at radius 1 is 1.19 bits per heavy atom. The van der Waals surface area contributed by atoms with Crippen molar-refractivity contribution in [3.8, 4) is 17.3 Å². The fourth-order valence-corrected chi connectivity index (χ4v) is 3.61. The quantitative estimate of drug-likeness (QED) is 0.566. The fraction of sp³-hybridized carbons (Fsp3) is 0.389. The van der Waals surface area contributed by atoms with Crippen LogP contribution in [0.3, 0.4) is 0 Å². The van der Waals surface area contributed by atoms with E-state index in [1.54, 1.807) is 30.7 Å². The minimum absolute atomic E-state index is 0.536. The smallest absolute Gasteiger partial charge is 0.243 e. The average molecular weight is 373 g/mol. The maximum atomic E-state index is 5.38. The molecule has 2 aromatic heterocycles. The number of hydrogen-bond acceptors (Lipinski definition) is 6. The van der Waals surface area contributed by atoms with E-state index >= 15 is 0 Å². The summed E-state index contributed by atoms with van der Waals surface area (Å²) in [5, 5.41) is 14.0. The lowest BCUT2D eigenvalue weighted by atomic mass is 10.2. The SMILES string of the molecule is COCCn1c(SCc2cccc(C)c2)nnc1-c1cn(C)nc1OC. The molecule has 0 saturated heterocycles. The predicted molar refractivity (Wildman–Crippen MR) is 101 cm³/mol. The number of thioether (sulfide) groups is 1. The van der Waals surface area contributed by atoms with Crippen LogP contribution in [0.2, 0.25) is 0 Å². The maximum Gasteiger partial charge on any atom is 0.243 e. The Balaban J connectivity index is 1.89. The number of rotatable bonds is 8. The summed E-state index contributed by atoms with van der Waals surface area (Å²) in [6.45, 7) is 3.33. The Labute approximate surface area is 157 Å². The van der Waals surface area contributed by atoms with Gasteiger partial charge in [-0.15, -0.1) is 15.3 Å². The number of aryl methyl sites for hydroxylation is 2. The summed E-state index contributed by atoms with van der Waals surface area (Å²) in [6.07, 6.45) is 1.89. The Bertz CT molecular complexity index is 874. The molecule has 3 rings (SSSR count). The van der Waals surface area contributed by atoms with Crippen LogP contribution in [0.4, 0.5) is 0 Å². The van der Waals surface area contributed by atoms with E-state index in [0.717, 1.165) is 22.3 Å². The van der Waals surface area contributed by atoms with E-state index in [2.05, 4.69) is 51.1 Å². The van der Waals surface area contributed by atoms with E-state index in [0.29, 0.717) is 19.0 Å². The molecule has 0 atom stereocenters. The third kappa shape index (κ3) is 4.08. The summed E-state index contributed by atoms with van der Waals surface area (Å²) in [5.74, 6) is 2.10. The zero-order valence-electron chi connectivity index (χ0n) is 15.5. The minimum atomic E-state index is 0.536. The monoisotopic (exact) mass is 373 g/mol. The van der Waals surface area contributed by atoms with Crippen LogP contribution in [0.1, 0.15) is 11.1 Å². The zero-order valence-corrected chi connectivity index (χ0v) is 16.3. The highest BCUT2D eigenvalue weighted by atomic mass is 32.2. The highest BCUT2D eigenvalue weighted by molar-refractivity contribution is 7.98. The number of ether oxygens (including phenoxy) is 2. The molecule has 3 aromatic rings. The molecular formula is C18H23N5O2S. The Morgan fingerprint density at radius 2 is 2.04 bits per heavy atom. The molecule has 8 heteroatoms. The zero-order chi connectivity index (χ0) is 18.5. The summed E-state index contributed by atoms with van der Waals surface area (Å²) in [4.78, 5) is 0. The second-order valence-electron chi connectivity index (χ2n) is 5.95. The summed E-state index contributed by atoms with van der Waals surface area (Å²) >= 11 is 1.66. The van der Waals surface area contributed by atoms with Crippen LogP contribution < -0.4 is 4.74 Å². The van der Waals surface area contributed by atoms with Crippen molar-refractivity contribution in [3.63, 3.8) is 0 Å². The van der Waals surface area contributed by atoms with Gasteiger partial charge >= 0.3 is 0 Å². The molecule has 0 radical (unpaired) electrons. The van der Waals surface area contributed by atoms with Crippen LogP contribution in [0.25, 0.3) is 11.4 Å². The number of hydrogen-bond donors (Lipinski definition) is 0. The maximum absolute atomic E-state index is 5.38. The van der Waals surface area contributed by atoms with Gasteiger partial charge in [0, 0.05) is 26.1 Å². The first-order valence-electron chi connectivity index (χ1n) is 8.31. The minimum Gasteiger partial charge on any atom is -0.479 e. The second-order valence-corrected chi connectivity index (χ2v) is 6.90. The van der Waals surface area contributed by atoms with Crippen LogP contribution in [0.15, 0.2) is 35.6 Å². The van der Waals surface area contributed by atoms with Gasteiger partial charge < -0.3 is 9.47 Å². The van der Waals surface area contributed by atoms with Gasteiger partial charge in [-0.2, -0.15) is 0 Å². The van der Waals surface area contributed by atoms with Gasteiger partial charge in [0.05, 0.1) is 20.3 Å². The number of benzene rings is 1. The molecule has 0 fully saturated rings. The standard InChI is InChI=1S/C18H23N5O2S/c1-13-6-5-7-14(10-13)12-26-18-20-19-16(23(18)8-9-24-3)15-11-22(2)21-17(15)25-4/h5-7,10-11H,8-9,12H2,1-4H3. The third-order valence-electron chi connectivity index (χ3n) is 3.92. The lowest BCUT2D eigenvalue weighted by Crippen LogP contribution is -2.07. The summed E-state index contributed by atoms with van der Waals surface area (Å²) < 4.78 is 14.4. The fourth-order valence-electron chi connectivity index (χ4n) is 2.70. The highest BCUT2D eigenvalue weighted by Gasteiger charge is 2.20.